The van der Waals surface area contributed by atoms with Gasteiger partial charge < -0.3 is 10.4 Å². The Bertz CT molecular complexity index is 540. The van der Waals surface area contributed by atoms with Gasteiger partial charge in [-0.15, -0.1) is 0 Å². The van der Waals surface area contributed by atoms with E-state index in [0.29, 0.717) is 5.56 Å². The molecule has 1 atom stereocenters. The van der Waals surface area contributed by atoms with Crippen LogP contribution in [0.2, 0.25) is 0 Å². The van der Waals surface area contributed by atoms with E-state index in [1.165, 1.54) is 0 Å². The largest absolute Gasteiger partial charge is 0.762 e. The van der Waals surface area contributed by atoms with E-state index in [1.807, 2.05) is 36.4 Å². The van der Waals surface area contributed by atoms with Crippen LogP contribution in [0.5, 0.6) is 0 Å². The molecule has 2 rings (SSSR count). The van der Waals surface area contributed by atoms with Gasteiger partial charge in [0.25, 0.3) is 0 Å². The summed E-state index contributed by atoms with van der Waals surface area (Å²) in [6, 6.07) is 18.2. The summed E-state index contributed by atoms with van der Waals surface area (Å²) in [5, 5.41) is 19.7. The smallest absolute Gasteiger partial charge is 0.163 e. The lowest BCUT2D eigenvalue weighted by atomic mass is 9.91. The highest BCUT2D eigenvalue weighted by atomic mass is 16.8. The van der Waals surface area contributed by atoms with E-state index < -0.39 is 0 Å². The molecule has 0 spiro atoms. The number of hydrogen-bond acceptors (Lipinski definition) is 4. The first kappa shape index (κ1) is 14.4. The van der Waals surface area contributed by atoms with Crippen molar-refractivity contribution in [1.82, 2.24) is 5.23 Å². The van der Waals surface area contributed by atoms with Crippen molar-refractivity contribution in [2.75, 3.05) is 6.54 Å². The van der Waals surface area contributed by atoms with Gasteiger partial charge in [0, 0.05) is 24.4 Å². The summed E-state index contributed by atoms with van der Waals surface area (Å²) < 4.78 is 0. The molecule has 0 heterocycles. The van der Waals surface area contributed by atoms with Gasteiger partial charge in [-0.1, -0.05) is 60.7 Å². The summed E-state index contributed by atoms with van der Waals surface area (Å²) in [5.74, 6) is -0.368. The molecule has 0 aromatic heterocycles. The lowest BCUT2D eigenvalue weighted by Gasteiger charge is -2.26. The third-order valence-electron chi connectivity index (χ3n) is 3.18. The lowest BCUT2D eigenvalue weighted by Crippen LogP contribution is -2.21. The molecule has 0 saturated heterocycles. The van der Waals surface area contributed by atoms with E-state index in [1.54, 1.807) is 24.3 Å². The minimum absolute atomic E-state index is 0.0405. The highest BCUT2D eigenvalue weighted by Gasteiger charge is 2.17. The zero-order chi connectivity index (χ0) is 14.4. The van der Waals surface area contributed by atoms with Crippen molar-refractivity contribution in [3.8, 4) is 0 Å². The molecule has 0 bridgehead atoms. The van der Waals surface area contributed by atoms with Gasteiger partial charge in [-0.2, -0.15) is 0 Å². The molecule has 0 aliphatic heterocycles. The SMILES string of the molecule is O=C(C[C@H](CN([O-])O)c1ccccc1)c1ccccc1. The Morgan fingerprint density at radius 2 is 1.60 bits per heavy atom. The molecule has 0 fully saturated rings. The highest BCUT2D eigenvalue weighted by Crippen LogP contribution is 2.22. The van der Waals surface area contributed by atoms with Crippen LogP contribution in [0.25, 0.3) is 0 Å². The van der Waals surface area contributed by atoms with E-state index in [4.69, 9.17) is 5.21 Å². The molecule has 0 aliphatic rings. The van der Waals surface area contributed by atoms with Gasteiger partial charge in [0.15, 0.2) is 5.78 Å². The lowest BCUT2D eigenvalue weighted by molar-refractivity contribution is -0.0453. The number of benzene rings is 2. The Kier molecular flexibility index (Phi) is 5.01. The summed E-state index contributed by atoms with van der Waals surface area (Å²) in [7, 11) is 0. The van der Waals surface area contributed by atoms with E-state index in [9.17, 15) is 10.0 Å². The number of hydroxylamine groups is 2. The summed E-state index contributed by atoms with van der Waals surface area (Å²) in [4.78, 5) is 12.2. The van der Waals surface area contributed by atoms with Crippen LogP contribution in [0.4, 0.5) is 0 Å². The number of hydrogen-bond donors (Lipinski definition) is 1. The second-order valence-electron chi connectivity index (χ2n) is 4.64. The van der Waals surface area contributed by atoms with Crippen molar-refractivity contribution in [2.45, 2.75) is 12.3 Å². The molecule has 2 aromatic carbocycles. The quantitative estimate of drug-likeness (QED) is 0.646. The molecule has 4 nitrogen and oxygen atoms in total. The fourth-order valence-electron chi connectivity index (χ4n) is 2.17. The van der Waals surface area contributed by atoms with Crippen LogP contribution in [-0.2, 0) is 0 Å². The summed E-state index contributed by atoms with van der Waals surface area (Å²) in [5.41, 5.74) is 1.48. The van der Waals surface area contributed by atoms with Crippen molar-refractivity contribution in [3.05, 3.63) is 77.0 Å². The van der Waals surface area contributed by atoms with E-state index in [0.717, 1.165) is 5.56 Å². The monoisotopic (exact) mass is 270 g/mol. The predicted molar refractivity (Wildman–Crippen MR) is 76.4 cm³/mol. The first-order valence-electron chi connectivity index (χ1n) is 6.43. The second kappa shape index (κ2) is 6.96. The van der Waals surface area contributed by atoms with Crippen LogP contribution in [0, 0.1) is 5.21 Å². The molecule has 0 aliphatic carbocycles. The van der Waals surface area contributed by atoms with Crippen molar-refractivity contribution >= 4 is 5.78 Å². The molecule has 4 heteroatoms. The third-order valence-corrected chi connectivity index (χ3v) is 3.18. The molecular formula is C16H16NO3-. The van der Waals surface area contributed by atoms with Crippen molar-refractivity contribution in [1.29, 1.82) is 0 Å². The molecule has 0 amide bonds. The van der Waals surface area contributed by atoms with Gasteiger partial charge in [-0.3, -0.25) is 10.0 Å². The minimum atomic E-state index is -0.327. The Morgan fingerprint density at radius 3 is 2.15 bits per heavy atom. The van der Waals surface area contributed by atoms with Crippen LogP contribution in [0.15, 0.2) is 60.7 Å². The van der Waals surface area contributed by atoms with Crippen LogP contribution in [-0.4, -0.2) is 22.8 Å². The number of nitrogens with zero attached hydrogens (tertiary/aromatic N) is 1. The highest BCUT2D eigenvalue weighted by molar-refractivity contribution is 5.96. The zero-order valence-corrected chi connectivity index (χ0v) is 11.0. The molecule has 0 saturated carbocycles. The van der Waals surface area contributed by atoms with Crippen molar-refractivity contribution < 1.29 is 10.0 Å². The number of carbonyl (C=O) groups is 1. The summed E-state index contributed by atoms with van der Waals surface area (Å²) in [6.07, 6.45) is 0.188. The molecule has 2 aromatic rings. The van der Waals surface area contributed by atoms with Gasteiger partial charge in [0.05, 0.1) is 0 Å². The molecule has 0 unspecified atom stereocenters. The molecule has 1 N–H and O–H groups in total. The van der Waals surface area contributed by atoms with Crippen LogP contribution >= 0.6 is 0 Å². The number of carbonyl (C=O) groups excluding carboxylic acids is 1. The molecular weight excluding hydrogens is 254 g/mol. The summed E-state index contributed by atoms with van der Waals surface area (Å²) >= 11 is 0. The van der Waals surface area contributed by atoms with E-state index >= 15 is 0 Å². The van der Waals surface area contributed by atoms with Gasteiger partial charge in [-0.25, -0.2) is 0 Å². The van der Waals surface area contributed by atoms with Crippen LogP contribution in [0.3, 0.4) is 0 Å². The maximum absolute atomic E-state index is 12.2. The minimum Gasteiger partial charge on any atom is -0.762 e. The predicted octanol–water partition coefficient (Wildman–Crippen LogP) is 3.23. The Morgan fingerprint density at radius 1 is 1.05 bits per heavy atom. The number of Topliss-reactive ketones (excluding diaryl/α,β-unsaturated/α-hetero) is 1. The van der Waals surface area contributed by atoms with Gasteiger partial charge in [0.2, 0.25) is 0 Å². The summed E-state index contributed by atoms with van der Waals surface area (Å²) in [6.45, 7) is -0.122. The van der Waals surface area contributed by atoms with E-state index in [2.05, 4.69) is 0 Å². The number of ketones is 1. The van der Waals surface area contributed by atoms with Gasteiger partial charge in [-0.05, 0) is 5.56 Å². The fourth-order valence-corrected chi connectivity index (χ4v) is 2.17. The molecule has 0 radical (unpaired) electrons. The Labute approximate surface area is 117 Å². The standard InChI is InChI=1S/C16H16NO3/c18-16(14-9-5-2-6-10-14)11-15(12-17(19)20)13-7-3-1-4-8-13/h1-10,15,19H,11-12H2/q-1/t15-/m1/s1. The van der Waals surface area contributed by atoms with E-state index in [-0.39, 0.29) is 29.9 Å². The first-order chi connectivity index (χ1) is 9.66. The van der Waals surface area contributed by atoms with Crippen molar-refractivity contribution in [2.24, 2.45) is 0 Å². The van der Waals surface area contributed by atoms with Crippen molar-refractivity contribution in [3.63, 3.8) is 0 Å². The maximum atomic E-state index is 12.2. The second-order valence-corrected chi connectivity index (χ2v) is 4.64. The maximum Gasteiger partial charge on any atom is 0.163 e. The Hall–Kier alpha value is -2.01. The van der Waals surface area contributed by atoms with Gasteiger partial charge >= 0.3 is 0 Å². The number of rotatable bonds is 6. The normalized spacial score (nSPS) is 12.3. The zero-order valence-electron chi connectivity index (χ0n) is 11.0. The molecule has 20 heavy (non-hydrogen) atoms. The average molecular weight is 270 g/mol. The average Bonchev–Trinajstić information content (AvgIpc) is 2.48. The topological polar surface area (TPSA) is 63.6 Å². The van der Waals surface area contributed by atoms with Crippen LogP contribution < -0.4 is 0 Å². The Balaban J connectivity index is 2.14. The third kappa shape index (κ3) is 3.99. The fraction of sp³-hybridized carbons (Fsp3) is 0.188. The molecule has 104 valence electrons. The first-order valence-corrected chi connectivity index (χ1v) is 6.43. The van der Waals surface area contributed by atoms with Crippen LogP contribution in [0.1, 0.15) is 28.3 Å². The van der Waals surface area contributed by atoms with Gasteiger partial charge in [0.1, 0.15) is 0 Å².